The maximum Gasteiger partial charge on any atom is 0.0733 e. The van der Waals surface area contributed by atoms with Gasteiger partial charge in [0.1, 0.15) is 0 Å². The molecule has 0 saturated carbocycles. The molecule has 0 aliphatic heterocycles. The molecule has 1 aromatic carbocycles. The quantitative estimate of drug-likeness (QED) is 0.698. The van der Waals surface area contributed by atoms with Gasteiger partial charge in [0.25, 0.3) is 0 Å². The first-order chi connectivity index (χ1) is 6.40. The van der Waals surface area contributed by atoms with Gasteiger partial charge in [0.05, 0.1) is 6.61 Å². The van der Waals surface area contributed by atoms with Gasteiger partial charge in [0, 0.05) is 17.6 Å². The molecule has 3 heteroatoms. The minimum absolute atomic E-state index is 0.548. The predicted octanol–water partition coefficient (Wildman–Crippen LogP) is 1.60. The normalized spacial score (nSPS) is 10.8. The molecule has 3 nitrogen and oxygen atoms in total. The lowest BCUT2D eigenvalue weighted by atomic mass is 10.2. The molecule has 0 unspecified atom stereocenters. The highest BCUT2D eigenvalue weighted by Crippen LogP contribution is 2.14. The number of para-hydroxylation sites is 1. The fourth-order valence-electron chi connectivity index (χ4n) is 1.44. The molecule has 0 spiro atoms. The Balaban J connectivity index is 2.28. The molecule has 0 atom stereocenters. The Bertz CT molecular complexity index is 361. The van der Waals surface area contributed by atoms with E-state index in [0.717, 1.165) is 17.6 Å². The number of H-pyrrole nitrogens is 1. The number of nitrogens with two attached hydrogens (primary N) is 1. The van der Waals surface area contributed by atoms with Gasteiger partial charge in [0.2, 0.25) is 0 Å². The van der Waals surface area contributed by atoms with Crippen LogP contribution in [0, 0.1) is 0 Å². The highest BCUT2D eigenvalue weighted by Gasteiger charge is 1.98. The molecular formula is C10H12N2O. The Kier molecular flexibility index (Phi) is 2.29. The van der Waals surface area contributed by atoms with E-state index in [1.54, 1.807) is 0 Å². The Labute approximate surface area is 76.5 Å². The van der Waals surface area contributed by atoms with Crippen LogP contribution in [0.15, 0.2) is 30.3 Å². The summed E-state index contributed by atoms with van der Waals surface area (Å²) >= 11 is 0. The summed E-state index contributed by atoms with van der Waals surface area (Å²) < 4.78 is 0. The fraction of sp³-hybridized carbons (Fsp3) is 0.200. The van der Waals surface area contributed by atoms with Gasteiger partial charge in [-0.05, 0) is 17.5 Å². The van der Waals surface area contributed by atoms with Crippen LogP contribution in [-0.4, -0.2) is 11.6 Å². The highest BCUT2D eigenvalue weighted by atomic mass is 16.6. The first kappa shape index (κ1) is 8.29. The van der Waals surface area contributed by atoms with E-state index in [9.17, 15) is 0 Å². The number of rotatable bonds is 3. The van der Waals surface area contributed by atoms with Crippen LogP contribution in [0.5, 0.6) is 0 Å². The smallest absolute Gasteiger partial charge is 0.0733 e. The third-order valence-corrected chi connectivity index (χ3v) is 2.08. The number of nitrogens with one attached hydrogen (secondary N) is 1. The first-order valence-electron chi connectivity index (χ1n) is 4.28. The monoisotopic (exact) mass is 176 g/mol. The van der Waals surface area contributed by atoms with Crippen LogP contribution in [0.2, 0.25) is 0 Å². The number of hydrogen-bond acceptors (Lipinski definition) is 2. The van der Waals surface area contributed by atoms with Crippen LogP contribution >= 0.6 is 0 Å². The summed E-state index contributed by atoms with van der Waals surface area (Å²) in [7, 11) is 0. The molecule has 1 heterocycles. The fourth-order valence-corrected chi connectivity index (χ4v) is 1.44. The molecule has 0 aliphatic carbocycles. The molecule has 0 fully saturated rings. The minimum Gasteiger partial charge on any atom is -0.358 e. The van der Waals surface area contributed by atoms with E-state index in [2.05, 4.69) is 28.0 Å². The molecule has 3 N–H and O–H groups in total. The van der Waals surface area contributed by atoms with Crippen molar-refractivity contribution < 1.29 is 4.84 Å². The molecule has 1 aromatic heterocycles. The number of fused-ring (bicyclic) bond motifs is 1. The molecule has 0 bridgehead atoms. The first-order valence-corrected chi connectivity index (χ1v) is 4.28. The van der Waals surface area contributed by atoms with E-state index in [1.165, 1.54) is 5.39 Å². The molecule has 2 rings (SSSR count). The molecule has 13 heavy (non-hydrogen) atoms. The van der Waals surface area contributed by atoms with Crippen molar-refractivity contribution in [3.05, 3.63) is 36.0 Å². The van der Waals surface area contributed by atoms with Crippen molar-refractivity contribution >= 4 is 10.9 Å². The van der Waals surface area contributed by atoms with Crippen LogP contribution in [0.4, 0.5) is 0 Å². The SMILES string of the molecule is NOCCc1cc2ccccc2[nH]1. The Morgan fingerprint density at radius 3 is 2.92 bits per heavy atom. The van der Waals surface area contributed by atoms with Crippen molar-refractivity contribution in [3.63, 3.8) is 0 Å². The standard InChI is InChI=1S/C10H12N2O/c11-13-6-5-9-7-8-3-1-2-4-10(8)12-9/h1-4,7,12H,5-6,11H2. The van der Waals surface area contributed by atoms with Crippen LogP contribution in [-0.2, 0) is 11.3 Å². The second-order valence-electron chi connectivity index (χ2n) is 3.00. The lowest BCUT2D eigenvalue weighted by Gasteiger charge is -1.93. The molecular weight excluding hydrogens is 164 g/mol. The van der Waals surface area contributed by atoms with Crippen molar-refractivity contribution in [2.24, 2.45) is 5.90 Å². The van der Waals surface area contributed by atoms with E-state index < -0.39 is 0 Å². The zero-order valence-electron chi connectivity index (χ0n) is 7.29. The lowest BCUT2D eigenvalue weighted by Crippen LogP contribution is -2.03. The van der Waals surface area contributed by atoms with Gasteiger partial charge < -0.3 is 9.82 Å². The average molecular weight is 176 g/mol. The average Bonchev–Trinajstić information content (AvgIpc) is 2.57. The van der Waals surface area contributed by atoms with Gasteiger partial charge in [-0.3, -0.25) is 0 Å². The summed E-state index contributed by atoms with van der Waals surface area (Å²) in [6, 6.07) is 10.3. The Morgan fingerprint density at radius 2 is 2.15 bits per heavy atom. The van der Waals surface area contributed by atoms with Crippen molar-refractivity contribution in [1.82, 2.24) is 4.98 Å². The van der Waals surface area contributed by atoms with Gasteiger partial charge in [-0.1, -0.05) is 18.2 Å². The van der Waals surface area contributed by atoms with Crippen LogP contribution in [0.3, 0.4) is 0 Å². The maximum absolute atomic E-state index is 4.96. The predicted molar refractivity (Wildman–Crippen MR) is 52.1 cm³/mol. The van der Waals surface area contributed by atoms with E-state index in [4.69, 9.17) is 5.90 Å². The van der Waals surface area contributed by atoms with Crippen molar-refractivity contribution in [1.29, 1.82) is 0 Å². The van der Waals surface area contributed by atoms with E-state index in [0.29, 0.717) is 6.61 Å². The van der Waals surface area contributed by atoms with Gasteiger partial charge in [0.15, 0.2) is 0 Å². The molecule has 0 radical (unpaired) electrons. The molecule has 68 valence electrons. The zero-order valence-corrected chi connectivity index (χ0v) is 7.29. The van der Waals surface area contributed by atoms with Crippen molar-refractivity contribution in [2.75, 3.05) is 6.61 Å². The summed E-state index contributed by atoms with van der Waals surface area (Å²) in [5.74, 6) is 4.96. The van der Waals surface area contributed by atoms with E-state index >= 15 is 0 Å². The Hall–Kier alpha value is -1.32. The molecule has 0 aliphatic rings. The third-order valence-electron chi connectivity index (χ3n) is 2.08. The third kappa shape index (κ3) is 1.71. The molecule has 0 saturated heterocycles. The van der Waals surface area contributed by atoms with Gasteiger partial charge in [-0.2, -0.15) is 0 Å². The second kappa shape index (κ2) is 3.60. The topological polar surface area (TPSA) is 51.0 Å². The van der Waals surface area contributed by atoms with Crippen LogP contribution in [0.1, 0.15) is 5.69 Å². The largest absolute Gasteiger partial charge is 0.358 e. The lowest BCUT2D eigenvalue weighted by molar-refractivity contribution is 0.140. The van der Waals surface area contributed by atoms with Crippen molar-refractivity contribution in [2.45, 2.75) is 6.42 Å². The minimum atomic E-state index is 0.548. The molecule has 0 amide bonds. The summed E-state index contributed by atoms with van der Waals surface area (Å²) in [5.41, 5.74) is 2.32. The van der Waals surface area contributed by atoms with Gasteiger partial charge >= 0.3 is 0 Å². The van der Waals surface area contributed by atoms with Crippen LogP contribution < -0.4 is 5.90 Å². The van der Waals surface area contributed by atoms with E-state index in [-0.39, 0.29) is 0 Å². The maximum atomic E-state index is 4.96. The van der Waals surface area contributed by atoms with Gasteiger partial charge in [-0.15, -0.1) is 0 Å². The Morgan fingerprint density at radius 1 is 1.31 bits per heavy atom. The van der Waals surface area contributed by atoms with Gasteiger partial charge in [-0.25, -0.2) is 5.90 Å². The number of aromatic nitrogens is 1. The molecule has 2 aromatic rings. The summed E-state index contributed by atoms with van der Waals surface area (Å²) in [5, 5.41) is 1.23. The van der Waals surface area contributed by atoms with E-state index in [1.807, 2.05) is 12.1 Å². The van der Waals surface area contributed by atoms with Crippen molar-refractivity contribution in [3.8, 4) is 0 Å². The number of benzene rings is 1. The number of aromatic amines is 1. The zero-order chi connectivity index (χ0) is 9.10. The van der Waals surface area contributed by atoms with Crippen LogP contribution in [0.25, 0.3) is 10.9 Å². The summed E-state index contributed by atoms with van der Waals surface area (Å²) in [4.78, 5) is 7.82. The number of hydrogen-bond donors (Lipinski definition) is 2. The summed E-state index contributed by atoms with van der Waals surface area (Å²) in [6.45, 7) is 0.548. The second-order valence-corrected chi connectivity index (χ2v) is 3.00. The highest BCUT2D eigenvalue weighted by molar-refractivity contribution is 5.80. The summed E-state index contributed by atoms with van der Waals surface area (Å²) in [6.07, 6.45) is 0.825.